The van der Waals surface area contributed by atoms with E-state index in [1.54, 1.807) is 0 Å². The Morgan fingerprint density at radius 1 is 1.50 bits per heavy atom. The van der Waals surface area contributed by atoms with Crippen LogP contribution < -0.4 is 16.4 Å². The standard InChI is InChI=1S/C8H17N3O/c1-8(2,3)11-7(12)10-6-4-5(6)9/h5-6H,4,9H2,1-3H3,(H2,10,11,12)/t5-,6+/m0/s1. The lowest BCUT2D eigenvalue weighted by atomic mass is 10.1. The third kappa shape index (κ3) is 3.09. The van der Waals surface area contributed by atoms with Gasteiger partial charge in [0.25, 0.3) is 0 Å². The van der Waals surface area contributed by atoms with Crippen LogP contribution in [-0.2, 0) is 0 Å². The minimum atomic E-state index is -0.178. The van der Waals surface area contributed by atoms with Crippen LogP contribution in [0.4, 0.5) is 4.79 Å². The van der Waals surface area contributed by atoms with Crippen LogP contribution in [-0.4, -0.2) is 23.7 Å². The van der Waals surface area contributed by atoms with Gasteiger partial charge in [-0.2, -0.15) is 0 Å². The largest absolute Gasteiger partial charge is 0.334 e. The molecular weight excluding hydrogens is 154 g/mol. The van der Waals surface area contributed by atoms with Crippen LogP contribution in [0.25, 0.3) is 0 Å². The first-order chi connectivity index (χ1) is 5.38. The molecule has 4 N–H and O–H groups in total. The van der Waals surface area contributed by atoms with Crippen molar-refractivity contribution < 1.29 is 4.79 Å². The topological polar surface area (TPSA) is 67.2 Å². The van der Waals surface area contributed by atoms with Crippen LogP contribution in [0, 0.1) is 0 Å². The molecule has 0 bridgehead atoms. The molecule has 70 valence electrons. The highest BCUT2D eigenvalue weighted by Crippen LogP contribution is 2.17. The van der Waals surface area contributed by atoms with E-state index in [0.717, 1.165) is 6.42 Å². The molecule has 0 radical (unpaired) electrons. The van der Waals surface area contributed by atoms with E-state index >= 15 is 0 Å². The number of hydrogen-bond donors (Lipinski definition) is 3. The van der Waals surface area contributed by atoms with Crippen LogP contribution in [0.1, 0.15) is 27.2 Å². The summed E-state index contributed by atoms with van der Waals surface area (Å²) in [4.78, 5) is 11.2. The SMILES string of the molecule is CC(C)(C)NC(=O)N[C@@H]1C[C@@H]1N. The zero-order valence-electron chi connectivity index (χ0n) is 7.85. The summed E-state index contributed by atoms with van der Waals surface area (Å²) in [6.45, 7) is 5.83. The summed E-state index contributed by atoms with van der Waals surface area (Å²) in [6, 6.07) is 0.225. The number of amides is 2. The molecule has 4 heteroatoms. The number of carbonyl (C=O) groups is 1. The van der Waals surface area contributed by atoms with E-state index in [4.69, 9.17) is 5.73 Å². The Morgan fingerprint density at radius 3 is 2.33 bits per heavy atom. The van der Waals surface area contributed by atoms with Gasteiger partial charge in [0, 0.05) is 17.6 Å². The number of nitrogens with one attached hydrogen (secondary N) is 2. The van der Waals surface area contributed by atoms with Gasteiger partial charge in [-0.3, -0.25) is 0 Å². The molecule has 0 aromatic rings. The molecule has 0 aromatic carbocycles. The molecule has 0 aliphatic heterocycles. The Kier molecular flexibility index (Phi) is 2.28. The Balaban J connectivity index is 2.21. The molecule has 1 aliphatic rings. The molecule has 1 saturated carbocycles. The maximum atomic E-state index is 11.2. The van der Waals surface area contributed by atoms with E-state index in [-0.39, 0.29) is 23.7 Å². The molecule has 1 aliphatic carbocycles. The van der Waals surface area contributed by atoms with Crippen LogP contribution in [0.3, 0.4) is 0 Å². The van der Waals surface area contributed by atoms with Crippen LogP contribution in [0.2, 0.25) is 0 Å². The number of nitrogens with two attached hydrogens (primary N) is 1. The van der Waals surface area contributed by atoms with Crippen LogP contribution in [0.15, 0.2) is 0 Å². The quantitative estimate of drug-likeness (QED) is 0.527. The Morgan fingerprint density at radius 2 is 2.00 bits per heavy atom. The van der Waals surface area contributed by atoms with Crippen molar-refractivity contribution in [2.75, 3.05) is 0 Å². The van der Waals surface area contributed by atoms with Crippen molar-refractivity contribution in [1.29, 1.82) is 0 Å². The maximum Gasteiger partial charge on any atom is 0.315 e. The van der Waals surface area contributed by atoms with E-state index in [9.17, 15) is 4.79 Å². The zero-order chi connectivity index (χ0) is 9.35. The molecule has 2 atom stereocenters. The van der Waals surface area contributed by atoms with E-state index < -0.39 is 0 Å². The van der Waals surface area contributed by atoms with E-state index in [2.05, 4.69) is 10.6 Å². The molecular formula is C8H17N3O. The first-order valence-corrected chi connectivity index (χ1v) is 4.23. The normalized spacial score (nSPS) is 28.0. The molecule has 0 spiro atoms. The maximum absolute atomic E-state index is 11.2. The molecule has 0 aromatic heterocycles. The molecule has 4 nitrogen and oxygen atoms in total. The van der Waals surface area contributed by atoms with Gasteiger partial charge in [-0.15, -0.1) is 0 Å². The molecule has 12 heavy (non-hydrogen) atoms. The average molecular weight is 171 g/mol. The van der Waals surface area contributed by atoms with Crippen molar-refractivity contribution in [2.45, 2.75) is 44.8 Å². The van der Waals surface area contributed by atoms with Gasteiger partial charge >= 0.3 is 6.03 Å². The summed E-state index contributed by atoms with van der Waals surface area (Å²) in [7, 11) is 0. The van der Waals surface area contributed by atoms with Gasteiger partial charge < -0.3 is 16.4 Å². The fraction of sp³-hybridized carbons (Fsp3) is 0.875. The fourth-order valence-electron chi connectivity index (χ4n) is 0.926. The summed E-state index contributed by atoms with van der Waals surface area (Å²) in [5.74, 6) is 0. The van der Waals surface area contributed by atoms with Gasteiger partial charge in [0.2, 0.25) is 0 Å². The van der Waals surface area contributed by atoms with Gasteiger partial charge in [0.1, 0.15) is 0 Å². The highest BCUT2D eigenvalue weighted by molar-refractivity contribution is 5.75. The average Bonchev–Trinajstić information content (AvgIpc) is 2.40. The lowest BCUT2D eigenvalue weighted by molar-refractivity contribution is 0.231. The van der Waals surface area contributed by atoms with E-state index in [0.29, 0.717) is 0 Å². The summed E-state index contributed by atoms with van der Waals surface area (Å²) in [5, 5.41) is 5.59. The van der Waals surface area contributed by atoms with Crippen molar-refractivity contribution in [2.24, 2.45) is 5.73 Å². The summed E-state index contributed by atoms with van der Waals surface area (Å²) in [6.07, 6.45) is 0.900. The predicted octanol–water partition coefficient (Wildman–Crippen LogP) is 0.184. The molecule has 1 rings (SSSR count). The van der Waals surface area contributed by atoms with Gasteiger partial charge in [-0.1, -0.05) is 0 Å². The predicted molar refractivity (Wildman–Crippen MR) is 47.8 cm³/mol. The minimum Gasteiger partial charge on any atom is -0.334 e. The van der Waals surface area contributed by atoms with Crippen molar-refractivity contribution in [3.63, 3.8) is 0 Å². The molecule has 0 unspecified atom stereocenters. The van der Waals surface area contributed by atoms with E-state index in [1.165, 1.54) is 0 Å². The van der Waals surface area contributed by atoms with Crippen LogP contribution in [0.5, 0.6) is 0 Å². The molecule has 1 fully saturated rings. The summed E-state index contributed by atoms with van der Waals surface area (Å²) < 4.78 is 0. The minimum absolute atomic E-state index is 0.125. The smallest absolute Gasteiger partial charge is 0.315 e. The van der Waals surface area contributed by atoms with Gasteiger partial charge in [0.15, 0.2) is 0 Å². The molecule has 0 saturated heterocycles. The summed E-state index contributed by atoms with van der Waals surface area (Å²) in [5.41, 5.74) is 5.36. The van der Waals surface area contributed by atoms with Gasteiger partial charge in [-0.05, 0) is 27.2 Å². The zero-order valence-corrected chi connectivity index (χ0v) is 7.85. The first-order valence-electron chi connectivity index (χ1n) is 4.23. The van der Waals surface area contributed by atoms with Crippen LogP contribution >= 0.6 is 0 Å². The third-order valence-corrected chi connectivity index (χ3v) is 1.64. The number of rotatable bonds is 1. The lowest BCUT2D eigenvalue weighted by Gasteiger charge is -2.20. The lowest BCUT2D eigenvalue weighted by Crippen LogP contribution is -2.47. The second-order valence-electron chi connectivity index (χ2n) is 4.35. The van der Waals surface area contributed by atoms with Crippen molar-refractivity contribution >= 4 is 6.03 Å². The Hall–Kier alpha value is -0.770. The van der Waals surface area contributed by atoms with Crippen molar-refractivity contribution in [3.05, 3.63) is 0 Å². The number of carbonyl (C=O) groups excluding carboxylic acids is 1. The highest BCUT2D eigenvalue weighted by atomic mass is 16.2. The second-order valence-corrected chi connectivity index (χ2v) is 4.35. The third-order valence-electron chi connectivity index (χ3n) is 1.64. The van der Waals surface area contributed by atoms with Gasteiger partial charge in [-0.25, -0.2) is 4.79 Å². The van der Waals surface area contributed by atoms with Crippen molar-refractivity contribution in [3.8, 4) is 0 Å². The second kappa shape index (κ2) is 2.94. The first kappa shape index (κ1) is 9.32. The number of urea groups is 1. The Labute approximate surface area is 72.9 Å². The van der Waals surface area contributed by atoms with Crippen molar-refractivity contribution in [1.82, 2.24) is 10.6 Å². The molecule has 0 heterocycles. The van der Waals surface area contributed by atoms with E-state index in [1.807, 2.05) is 20.8 Å². The monoisotopic (exact) mass is 171 g/mol. The summed E-state index contributed by atoms with van der Waals surface area (Å²) >= 11 is 0. The number of hydrogen-bond acceptors (Lipinski definition) is 2. The highest BCUT2D eigenvalue weighted by Gasteiger charge is 2.35. The Bertz CT molecular complexity index is 185. The molecule has 2 amide bonds. The fourth-order valence-corrected chi connectivity index (χ4v) is 0.926. The van der Waals surface area contributed by atoms with Gasteiger partial charge in [0.05, 0.1) is 0 Å².